The van der Waals surface area contributed by atoms with Crippen molar-refractivity contribution in [3.05, 3.63) is 34.4 Å². The van der Waals surface area contributed by atoms with Gasteiger partial charge in [0, 0.05) is 6.42 Å². The zero-order valence-electron chi connectivity index (χ0n) is 14.4. The van der Waals surface area contributed by atoms with Gasteiger partial charge in [-0.25, -0.2) is 8.42 Å². The average molecular weight is 321 g/mol. The van der Waals surface area contributed by atoms with Gasteiger partial charge in [-0.05, 0) is 54.4 Å². The van der Waals surface area contributed by atoms with E-state index in [1.165, 1.54) is 5.56 Å². The third kappa shape index (κ3) is 5.46. The molecule has 122 valence electrons. The van der Waals surface area contributed by atoms with Gasteiger partial charge in [-0.2, -0.15) is 5.26 Å². The highest BCUT2D eigenvalue weighted by Crippen LogP contribution is 2.28. The largest absolute Gasteiger partial charge is 0.228 e. The minimum atomic E-state index is -3.12. The fraction of sp³-hybridized carbons (Fsp3) is 0.611. The van der Waals surface area contributed by atoms with Crippen molar-refractivity contribution in [1.29, 1.82) is 5.26 Å². The summed E-state index contributed by atoms with van der Waals surface area (Å²) in [5.41, 5.74) is 4.31. The molecule has 0 bridgehead atoms. The smallest absolute Gasteiger partial charge is 0.154 e. The molecule has 3 nitrogen and oxygen atoms in total. The Morgan fingerprint density at radius 1 is 1.09 bits per heavy atom. The summed E-state index contributed by atoms with van der Waals surface area (Å²) in [5, 5.41) is 8.50. The summed E-state index contributed by atoms with van der Waals surface area (Å²) in [7, 11) is -3.12. The first-order valence-electron chi connectivity index (χ1n) is 7.75. The number of benzene rings is 1. The zero-order valence-corrected chi connectivity index (χ0v) is 15.2. The maximum atomic E-state index is 12.3. The highest BCUT2D eigenvalue weighted by atomic mass is 32.2. The van der Waals surface area contributed by atoms with Crippen LogP contribution >= 0.6 is 0 Å². The normalized spacial score (nSPS) is 12.2. The summed E-state index contributed by atoms with van der Waals surface area (Å²) in [6, 6.07) is 6.26. The Labute approximate surface area is 135 Å². The molecule has 0 aliphatic carbocycles. The SMILES string of the molecule is Cc1cc(C(C)(C)C)cc(C)c1CS(=O)(=O)CCCCC#N. The van der Waals surface area contributed by atoms with E-state index < -0.39 is 9.84 Å². The van der Waals surface area contributed by atoms with Crippen LogP contribution in [0.3, 0.4) is 0 Å². The average Bonchev–Trinajstić information content (AvgIpc) is 2.38. The van der Waals surface area contributed by atoms with Crippen LogP contribution in [0, 0.1) is 25.2 Å². The van der Waals surface area contributed by atoms with E-state index in [2.05, 4.69) is 32.9 Å². The van der Waals surface area contributed by atoms with E-state index in [0.717, 1.165) is 16.7 Å². The summed E-state index contributed by atoms with van der Waals surface area (Å²) in [6.07, 6.45) is 1.64. The van der Waals surface area contributed by atoms with Gasteiger partial charge in [0.25, 0.3) is 0 Å². The predicted octanol–water partition coefficient (Wildman–Crippen LogP) is 4.21. The summed E-state index contributed by atoms with van der Waals surface area (Å²) >= 11 is 0. The number of sulfone groups is 1. The summed E-state index contributed by atoms with van der Waals surface area (Å²) in [6.45, 7) is 10.5. The van der Waals surface area contributed by atoms with Crippen molar-refractivity contribution >= 4 is 9.84 Å². The maximum Gasteiger partial charge on any atom is 0.154 e. The summed E-state index contributed by atoms with van der Waals surface area (Å²) in [4.78, 5) is 0. The number of hydrogen-bond acceptors (Lipinski definition) is 3. The van der Waals surface area contributed by atoms with Crippen LogP contribution in [0.1, 0.15) is 62.3 Å². The van der Waals surface area contributed by atoms with Crippen LogP contribution in [-0.2, 0) is 21.0 Å². The zero-order chi connectivity index (χ0) is 17.0. The Bertz CT molecular complexity index is 638. The highest BCUT2D eigenvalue weighted by molar-refractivity contribution is 7.90. The van der Waals surface area contributed by atoms with Gasteiger partial charge in [0.15, 0.2) is 9.84 Å². The number of unbranched alkanes of at least 4 members (excludes halogenated alkanes) is 2. The van der Waals surface area contributed by atoms with Gasteiger partial charge in [-0.1, -0.05) is 32.9 Å². The lowest BCUT2D eigenvalue weighted by Gasteiger charge is -2.22. The molecule has 0 aliphatic heterocycles. The van der Waals surface area contributed by atoms with Gasteiger partial charge in [-0.15, -0.1) is 0 Å². The van der Waals surface area contributed by atoms with Gasteiger partial charge in [0.1, 0.15) is 0 Å². The molecular weight excluding hydrogens is 294 g/mol. The van der Waals surface area contributed by atoms with Crippen molar-refractivity contribution in [2.24, 2.45) is 0 Å². The first-order valence-corrected chi connectivity index (χ1v) is 9.57. The van der Waals surface area contributed by atoms with Gasteiger partial charge >= 0.3 is 0 Å². The van der Waals surface area contributed by atoms with Crippen molar-refractivity contribution in [3.63, 3.8) is 0 Å². The summed E-state index contributed by atoms with van der Waals surface area (Å²) in [5.74, 6) is 0.260. The van der Waals surface area contributed by atoms with E-state index in [4.69, 9.17) is 5.26 Å². The molecule has 0 heterocycles. The number of nitrogens with zero attached hydrogens (tertiary/aromatic N) is 1. The van der Waals surface area contributed by atoms with Gasteiger partial charge in [0.05, 0.1) is 17.6 Å². The van der Waals surface area contributed by atoms with E-state index in [0.29, 0.717) is 19.3 Å². The molecule has 22 heavy (non-hydrogen) atoms. The Morgan fingerprint density at radius 3 is 2.09 bits per heavy atom. The second-order valence-corrected chi connectivity index (χ2v) is 9.23. The molecule has 0 amide bonds. The second kappa shape index (κ2) is 7.28. The summed E-state index contributed by atoms with van der Waals surface area (Å²) < 4.78 is 24.5. The molecule has 0 atom stereocenters. The molecular formula is C18H27NO2S. The molecule has 0 aliphatic rings. The molecule has 0 fully saturated rings. The Balaban J connectivity index is 2.92. The molecule has 0 radical (unpaired) electrons. The van der Waals surface area contributed by atoms with Gasteiger partial charge in [-0.3, -0.25) is 0 Å². The lowest BCUT2D eigenvalue weighted by atomic mass is 9.84. The van der Waals surface area contributed by atoms with E-state index >= 15 is 0 Å². The molecule has 0 N–H and O–H groups in total. The third-order valence-corrected chi connectivity index (χ3v) is 5.56. The molecule has 1 rings (SSSR count). The Kier molecular flexibility index (Phi) is 6.19. The lowest BCUT2D eigenvalue weighted by molar-refractivity contribution is 0.587. The first-order chi connectivity index (χ1) is 10.1. The van der Waals surface area contributed by atoms with Crippen LogP contribution in [0.15, 0.2) is 12.1 Å². The molecule has 0 aromatic heterocycles. The predicted molar refractivity (Wildman–Crippen MR) is 91.6 cm³/mol. The third-order valence-electron chi connectivity index (χ3n) is 3.92. The van der Waals surface area contributed by atoms with E-state index in [1.807, 2.05) is 19.9 Å². The van der Waals surface area contributed by atoms with E-state index in [-0.39, 0.29) is 16.9 Å². The fourth-order valence-electron chi connectivity index (χ4n) is 2.47. The van der Waals surface area contributed by atoms with Crippen LogP contribution in [0.2, 0.25) is 0 Å². The van der Waals surface area contributed by atoms with Crippen molar-refractivity contribution in [2.75, 3.05) is 5.75 Å². The molecule has 0 saturated heterocycles. The lowest BCUT2D eigenvalue weighted by Crippen LogP contribution is -2.15. The molecule has 0 saturated carbocycles. The number of hydrogen-bond donors (Lipinski definition) is 0. The van der Waals surface area contributed by atoms with Crippen LogP contribution in [0.25, 0.3) is 0 Å². The Morgan fingerprint density at radius 2 is 1.64 bits per heavy atom. The molecule has 1 aromatic carbocycles. The van der Waals surface area contributed by atoms with Crippen molar-refractivity contribution in [3.8, 4) is 6.07 Å². The topological polar surface area (TPSA) is 57.9 Å². The Hall–Kier alpha value is -1.34. The van der Waals surface area contributed by atoms with Crippen LogP contribution < -0.4 is 0 Å². The van der Waals surface area contributed by atoms with Crippen LogP contribution in [-0.4, -0.2) is 14.2 Å². The van der Waals surface area contributed by atoms with Crippen molar-refractivity contribution < 1.29 is 8.42 Å². The van der Waals surface area contributed by atoms with Crippen LogP contribution in [0.5, 0.6) is 0 Å². The first kappa shape index (κ1) is 18.7. The number of rotatable bonds is 6. The fourth-order valence-corrected chi connectivity index (χ4v) is 4.16. The van der Waals surface area contributed by atoms with Gasteiger partial charge < -0.3 is 0 Å². The number of aryl methyl sites for hydroxylation is 2. The highest BCUT2D eigenvalue weighted by Gasteiger charge is 2.19. The molecule has 4 heteroatoms. The van der Waals surface area contributed by atoms with E-state index in [1.54, 1.807) is 0 Å². The monoisotopic (exact) mass is 321 g/mol. The van der Waals surface area contributed by atoms with Gasteiger partial charge in [0.2, 0.25) is 0 Å². The standard InChI is InChI=1S/C18H27NO2S/c1-14-11-16(18(3,4)5)12-15(2)17(14)13-22(20,21)10-8-6-7-9-19/h11-12H,6-8,10,13H2,1-5H3. The van der Waals surface area contributed by atoms with E-state index in [9.17, 15) is 8.42 Å². The maximum absolute atomic E-state index is 12.3. The van der Waals surface area contributed by atoms with Crippen LogP contribution in [0.4, 0.5) is 0 Å². The minimum Gasteiger partial charge on any atom is -0.228 e. The second-order valence-electron chi connectivity index (χ2n) is 7.05. The molecule has 1 aromatic rings. The minimum absolute atomic E-state index is 0.0597. The molecule has 0 unspecified atom stereocenters. The quantitative estimate of drug-likeness (QED) is 0.737. The molecule has 0 spiro atoms. The van der Waals surface area contributed by atoms with Crippen molar-refractivity contribution in [1.82, 2.24) is 0 Å². The van der Waals surface area contributed by atoms with Crippen molar-refractivity contribution in [2.45, 2.75) is 65.0 Å². The number of nitriles is 1.